The fourth-order valence-corrected chi connectivity index (χ4v) is 4.69. The predicted octanol–water partition coefficient (Wildman–Crippen LogP) is 6.71. The van der Waals surface area contributed by atoms with E-state index in [1.807, 2.05) is 36.4 Å². The van der Waals surface area contributed by atoms with Gasteiger partial charge in [0.2, 0.25) is 0 Å². The van der Waals surface area contributed by atoms with E-state index >= 15 is 0 Å². The monoisotopic (exact) mass is 530 g/mol. The molecule has 0 radical (unpaired) electrons. The SMILES string of the molecule is Cc1c(C)n(Cc2ccccc2)c2ccc(C(=O)Nc3nn(Cc4ccc(F)cc4)cc3Br)cc12. The van der Waals surface area contributed by atoms with E-state index in [1.54, 1.807) is 23.0 Å². The van der Waals surface area contributed by atoms with E-state index < -0.39 is 0 Å². The molecule has 5 nitrogen and oxygen atoms in total. The molecule has 0 atom stereocenters. The molecule has 2 aromatic heterocycles. The van der Waals surface area contributed by atoms with Crippen LogP contribution >= 0.6 is 15.9 Å². The number of carbonyl (C=O) groups excluding carboxylic acids is 1. The zero-order valence-corrected chi connectivity index (χ0v) is 21.0. The molecule has 1 amide bonds. The van der Waals surface area contributed by atoms with Crippen LogP contribution in [0.5, 0.6) is 0 Å². The second kappa shape index (κ2) is 9.50. The van der Waals surface area contributed by atoms with E-state index in [2.05, 4.69) is 56.9 Å². The summed E-state index contributed by atoms with van der Waals surface area (Å²) in [5, 5.41) is 8.44. The summed E-state index contributed by atoms with van der Waals surface area (Å²) in [6.45, 7) is 5.45. The summed E-state index contributed by atoms with van der Waals surface area (Å²) < 4.78 is 17.8. The second-order valence-corrected chi connectivity index (χ2v) is 9.47. The maximum atomic E-state index is 13.2. The Balaban J connectivity index is 1.37. The number of anilines is 1. The first-order valence-corrected chi connectivity index (χ1v) is 12.1. The van der Waals surface area contributed by atoms with Crippen molar-refractivity contribution < 1.29 is 9.18 Å². The van der Waals surface area contributed by atoms with Crippen LogP contribution in [-0.2, 0) is 13.1 Å². The summed E-state index contributed by atoms with van der Waals surface area (Å²) in [5.41, 5.74) is 6.16. The van der Waals surface area contributed by atoms with Crippen LogP contribution in [0.3, 0.4) is 0 Å². The highest BCUT2D eigenvalue weighted by Crippen LogP contribution is 2.28. The van der Waals surface area contributed by atoms with Crippen LogP contribution in [0.15, 0.2) is 83.5 Å². The van der Waals surface area contributed by atoms with Gasteiger partial charge in [-0.2, -0.15) is 5.10 Å². The standard InChI is InChI=1S/C28H24BrFN4O/c1-18-19(2)34(16-20-6-4-3-5-7-20)26-13-10-22(14-24(18)26)28(35)31-27-25(29)17-33(32-27)15-21-8-11-23(30)12-9-21/h3-14,17H,15-16H2,1-2H3,(H,31,32,35). The molecule has 0 aliphatic carbocycles. The first-order chi connectivity index (χ1) is 16.9. The van der Waals surface area contributed by atoms with Gasteiger partial charge in [-0.1, -0.05) is 42.5 Å². The number of halogens is 2. The summed E-state index contributed by atoms with van der Waals surface area (Å²) in [6, 6.07) is 22.4. The van der Waals surface area contributed by atoms with E-state index in [4.69, 9.17) is 0 Å². The molecule has 7 heteroatoms. The second-order valence-electron chi connectivity index (χ2n) is 8.62. The zero-order valence-electron chi connectivity index (χ0n) is 19.4. The normalized spacial score (nSPS) is 11.2. The number of benzene rings is 3. The zero-order chi connectivity index (χ0) is 24.5. The van der Waals surface area contributed by atoms with Crippen LogP contribution < -0.4 is 5.32 Å². The van der Waals surface area contributed by atoms with Crippen LogP contribution in [0.25, 0.3) is 10.9 Å². The van der Waals surface area contributed by atoms with Gasteiger partial charge in [0.05, 0.1) is 11.0 Å². The molecule has 0 aliphatic rings. The Bertz CT molecular complexity index is 1520. The number of aryl methyl sites for hydroxylation is 1. The number of nitrogens with zero attached hydrogens (tertiary/aromatic N) is 3. The number of fused-ring (bicyclic) bond motifs is 1. The lowest BCUT2D eigenvalue weighted by atomic mass is 10.1. The summed E-state index contributed by atoms with van der Waals surface area (Å²) >= 11 is 3.48. The molecule has 0 bridgehead atoms. The highest BCUT2D eigenvalue weighted by atomic mass is 79.9. The quantitative estimate of drug-likeness (QED) is 0.265. The molecule has 0 saturated heterocycles. The Hall–Kier alpha value is -3.71. The van der Waals surface area contributed by atoms with E-state index in [-0.39, 0.29) is 11.7 Å². The minimum atomic E-state index is -0.277. The number of amides is 1. The van der Waals surface area contributed by atoms with Crippen LogP contribution in [-0.4, -0.2) is 20.3 Å². The van der Waals surface area contributed by atoms with Crippen molar-refractivity contribution in [3.8, 4) is 0 Å². The molecule has 35 heavy (non-hydrogen) atoms. The fourth-order valence-electron chi connectivity index (χ4n) is 4.28. The van der Waals surface area contributed by atoms with Crippen molar-refractivity contribution in [2.45, 2.75) is 26.9 Å². The number of nitrogens with one attached hydrogen (secondary N) is 1. The van der Waals surface area contributed by atoms with Crippen molar-refractivity contribution in [2.24, 2.45) is 0 Å². The van der Waals surface area contributed by atoms with E-state index in [9.17, 15) is 9.18 Å². The number of rotatable bonds is 6. The van der Waals surface area contributed by atoms with Gasteiger partial charge in [0.25, 0.3) is 5.91 Å². The van der Waals surface area contributed by atoms with Gasteiger partial charge in [-0.05, 0) is 76.8 Å². The molecule has 0 fully saturated rings. The molecule has 0 spiro atoms. The predicted molar refractivity (Wildman–Crippen MR) is 140 cm³/mol. The average Bonchev–Trinajstić information content (AvgIpc) is 3.32. The van der Waals surface area contributed by atoms with Crippen molar-refractivity contribution in [2.75, 3.05) is 5.32 Å². The number of hydrogen-bond acceptors (Lipinski definition) is 2. The fraction of sp³-hybridized carbons (Fsp3) is 0.143. The maximum absolute atomic E-state index is 13.2. The van der Waals surface area contributed by atoms with Crippen molar-refractivity contribution in [1.82, 2.24) is 14.3 Å². The highest BCUT2D eigenvalue weighted by Gasteiger charge is 2.16. The summed E-state index contributed by atoms with van der Waals surface area (Å²) in [5.74, 6) is -0.0691. The van der Waals surface area contributed by atoms with Crippen molar-refractivity contribution in [3.63, 3.8) is 0 Å². The molecule has 0 saturated carbocycles. The minimum absolute atomic E-state index is 0.229. The maximum Gasteiger partial charge on any atom is 0.256 e. The first kappa shape index (κ1) is 23.1. The molecule has 0 aliphatic heterocycles. The summed E-state index contributed by atoms with van der Waals surface area (Å²) in [7, 11) is 0. The van der Waals surface area contributed by atoms with Gasteiger partial charge >= 0.3 is 0 Å². The molecule has 5 aromatic rings. The van der Waals surface area contributed by atoms with E-state index in [1.165, 1.54) is 23.4 Å². The van der Waals surface area contributed by atoms with Crippen LogP contribution in [0, 0.1) is 19.7 Å². The smallest absolute Gasteiger partial charge is 0.256 e. The lowest BCUT2D eigenvalue weighted by Gasteiger charge is -2.09. The van der Waals surface area contributed by atoms with E-state index in [0.717, 1.165) is 28.6 Å². The number of aromatic nitrogens is 3. The summed E-state index contributed by atoms with van der Waals surface area (Å²) in [4.78, 5) is 13.1. The van der Waals surface area contributed by atoms with Gasteiger partial charge in [0.15, 0.2) is 5.82 Å². The van der Waals surface area contributed by atoms with Gasteiger partial charge in [0.1, 0.15) is 5.82 Å². The summed E-state index contributed by atoms with van der Waals surface area (Å²) in [6.07, 6.45) is 1.79. The Kier molecular flexibility index (Phi) is 6.26. The first-order valence-electron chi connectivity index (χ1n) is 11.3. The minimum Gasteiger partial charge on any atom is -0.340 e. The van der Waals surface area contributed by atoms with Gasteiger partial charge < -0.3 is 9.88 Å². The van der Waals surface area contributed by atoms with Crippen LogP contribution in [0.1, 0.15) is 32.7 Å². The number of carbonyl (C=O) groups is 1. The van der Waals surface area contributed by atoms with Gasteiger partial charge in [0, 0.05) is 34.9 Å². The molecule has 5 rings (SSSR count). The molecule has 1 N–H and O–H groups in total. The lowest BCUT2D eigenvalue weighted by molar-refractivity contribution is 0.102. The van der Waals surface area contributed by atoms with Crippen LogP contribution in [0.2, 0.25) is 0 Å². The van der Waals surface area contributed by atoms with Crippen molar-refractivity contribution in [3.05, 3.63) is 117 Å². The highest BCUT2D eigenvalue weighted by molar-refractivity contribution is 9.10. The molecule has 3 aromatic carbocycles. The Morgan fingerprint density at radius 3 is 2.43 bits per heavy atom. The number of hydrogen-bond donors (Lipinski definition) is 1. The Morgan fingerprint density at radius 2 is 1.69 bits per heavy atom. The third-order valence-corrected chi connectivity index (χ3v) is 6.87. The average molecular weight is 531 g/mol. The largest absolute Gasteiger partial charge is 0.340 e. The van der Waals surface area contributed by atoms with Gasteiger partial charge in [-0.15, -0.1) is 0 Å². The lowest BCUT2D eigenvalue weighted by Crippen LogP contribution is -2.13. The molecule has 176 valence electrons. The van der Waals surface area contributed by atoms with Crippen LogP contribution in [0.4, 0.5) is 10.2 Å². The Morgan fingerprint density at radius 1 is 0.971 bits per heavy atom. The third kappa shape index (κ3) is 4.77. The topological polar surface area (TPSA) is 51.9 Å². The van der Waals surface area contributed by atoms with Gasteiger partial charge in [-0.3, -0.25) is 9.48 Å². The van der Waals surface area contributed by atoms with E-state index in [0.29, 0.717) is 22.4 Å². The molecular formula is C28H24BrFN4O. The van der Waals surface area contributed by atoms with Crippen molar-refractivity contribution in [1.29, 1.82) is 0 Å². The molecule has 2 heterocycles. The van der Waals surface area contributed by atoms with Crippen molar-refractivity contribution >= 4 is 38.6 Å². The Labute approximate surface area is 211 Å². The third-order valence-electron chi connectivity index (χ3n) is 6.29. The van der Waals surface area contributed by atoms with Gasteiger partial charge in [-0.25, -0.2) is 4.39 Å². The molecule has 0 unspecified atom stereocenters. The molecular weight excluding hydrogens is 507 g/mol.